The van der Waals surface area contributed by atoms with Crippen molar-refractivity contribution in [3.63, 3.8) is 0 Å². The highest BCUT2D eigenvalue weighted by atomic mass is 127. The fraction of sp³-hybridized carbons (Fsp3) is 0.611. The molecule has 1 aromatic rings. The van der Waals surface area contributed by atoms with Crippen molar-refractivity contribution in [2.75, 3.05) is 41.9 Å². The molecule has 25 heavy (non-hydrogen) atoms. The SMILES string of the molecule is CN=C(NCC(c1ccc(OC)c(OC)c1)N(C)C)NC1CC1C.I. The van der Waals surface area contributed by atoms with Gasteiger partial charge < -0.3 is 25.0 Å². The van der Waals surface area contributed by atoms with E-state index in [1.165, 1.54) is 12.0 Å². The predicted molar refractivity (Wildman–Crippen MR) is 113 cm³/mol. The van der Waals surface area contributed by atoms with Gasteiger partial charge in [0.1, 0.15) is 0 Å². The van der Waals surface area contributed by atoms with E-state index in [0.29, 0.717) is 6.04 Å². The summed E-state index contributed by atoms with van der Waals surface area (Å²) in [4.78, 5) is 6.50. The van der Waals surface area contributed by atoms with Crippen molar-refractivity contribution >= 4 is 29.9 Å². The van der Waals surface area contributed by atoms with Crippen LogP contribution in [0.15, 0.2) is 23.2 Å². The summed E-state index contributed by atoms with van der Waals surface area (Å²) >= 11 is 0. The molecule has 3 unspecified atom stereocenters. The third-order valence-corrected chi connectivity index (χ3v) is 4.53. The first-order chi connectivity index (χ1) is 11.5. The highest BCUT2D eigenvalue weighted by Crippen LogP contribution is 2.31. The molecule has 2 rings (SSSR count). The number of ether oxygens (including phenoxy) is 2. The number of guanidine groups is 1. The number of likely N-dealkylation sites (N-methyl/N-ethyl adjacent to an activating group) is 1. The van der Waals surface area contributed by atoms with Gasteiger partial charge in [0.25, 0.3) is 0 Å². The Labute approximate surface area is 168 Å². The monoisotopic (exact) mass is 462 g/mol. The summed E-state index contributed by atoms with van der Waals surface area (Å²) in [7, 11) is 9.26. The molecular formula is C18H31IN4O2. The van der Waals surface area contributed by atoms with Crippen molar-refractivity contribution in [3.05, 3.63) is 23.8 Å². The molecule has 7 heteroatoms. The van der Waals surface area contributed by atoms with E-state index in [0.717, 1.165) is 29.9 Å². The number of hydrogen-bond donors (Lipinski definition) is 2. The van der Waals surface area contributed by atoms with Crippen LogP contribution in [0.5, 0.6) is 11.5 Å². The molecule has 0 saturated heterocycles. The number of benzene rings is 1. The first-order valence-corrected chi connectivity index (χ1v) is 8.35. The predicted octanol–water partition coefficient (Wildman–Crippen LogP) is 2.50. The van der Waals surface area contributed by atoms with Gasteiger partial charge in [0.15, 0.2) is 17.5 Å². The molecule has 0 amide bonds. The molecule has 142 valence electrons. The minimum Gasteiger partial charge on any atom is -0.493 e. The highest BCUT2D eigenvalue weighted by Gasteiger charge is 2.33. The van der Waals surface area contributed by atoms with E-state index in [4.69, 9.17) is 9.47 Å². The summed E-state index contributed by atoms with van der Waals surface area (Å²) in [5.74, 6) is 3.08. The molecule has 0 heterocycles. The quantitative estimate of drug-likeness (QED) is 0.371. The lowest BCUT2D eigenvalue weighted by molar-refractivity contribution is 0.295. The van der Waals surface area contributed by atoms with Gasteiger partial charge >= 0.3 is 0 Å². The summed E-state index contributed by atoms with van der Waals surface area (Å²) in [6.45, 7) is 3.00. The van der Waals surface area contributed by atoms with Crippen molar-refractivity contribution < 1.29 is 9.47 Å². The molecule has 0 radical (unpaired) electrons. The number of nitrogens with one attached hydrogen (secondary N) is 2. The summed E-state index contributed by atoms with van der Waals surface area (Å²) in [6.07, 6.45) is 1.22. The molecule has 0 aromatic heterocycles. The van der Waals surface area contributed by atoms with Crippen LogP contribution in [0, 0.1) is 5.92 Å². The van der Waals surface area contributed by atoms with Crippen LogP contribution in [0.1, 0.15) is 24.9 Å². The first-order valence-electron chi connectivity index (χ1n) is 8.35. The highest BCUT2D eigenvalue weighted by molar-refractivity contribution is 14.0. The zero-order chi connectivity index (χ0) is 17.7. The molecule has 0 bridgehead atoms. The number of hydrogen-bond acceptors (Lipinski definition) is 4. The molecular weight excluding hydrogens is 431 g/mol. The second-order valence-electron chi connectivity index (χ2n) is 6.51. The Hall–Kier alpha value is -1.22. The molecule has 2 N–H and O–H groups in total. The Morgan fingerprint density at radius 3 is 2.40 bits per heavy atom. The molecule has 1 aliphatic rings. The van der Waals surface area contributed by atoms with Gasteiger partial charge in [-0.05, 0) is 44.1 Å². The van der Waals surface area contributed by atoms with Gasteiger partial charge in [0.2, 0.25) is 0 Å². The summed E-state index contributed by atoms with van der Waals surface area (Å²) in [5, 5.41) is 6.89. The minimum absolute atomic E-state index is 0. The van der Waals surface area contributed by atoms with E-state index in [-0.39, 0.29) is 30.0 Å². The van der Waals surface area contributed by atoms with Gasteiger partial charge in [-0.25, -0.2) is 0 Å². The summed E-state index contributed by atoms with van der Waals surface area (Å²) in [5.41, 5.74) is 1.17. The molecule has 1 fully saturated rings. The van der Waals surface area contributed by atoms with E-state index >= 15 is 0 Å². The molecule has 1 aromatic carbocycles. The van der Waals surface area contributed by atoms with Gasteiger partial charge in [-0.3, -0.25) is 4.99 Å². The Bertz CT molecular complexity index is 580. The van der Waals surface area contributed by atoms with Crippen LogP contribution < -0.4 is 20.1 Å². The molecule has 1 saturated carbocycles. The fourth-order valence-corrected chi connectivity index (χ4v) is 2.75. The van der Waals surface area contributed by atoms with E-state index < -0.39 is 0 Å². The lowest BCUT2D eigenvalue weighted by Gasteiger charge is -2.26. The number of nitrogens with zero attached hydrogens (tertiary/aromatic N) is 2. The number of methoxy groups -OCH3 is 2. The van der Waals surface area contributed by atoms with Gasteiger partial charge in [0.05, 0.1) is 20.3 Å². The largest absolute Gasteiger partial charge is 0.493 e. The van der Waals surface area contributed by atoms with Crippen LogP contribution in [0.4, 0.5) is 0 Å². The maximum absolute atomic E-state index is 5.43. The summed E-state index contributed by atoms with van der Waals surface area (Å²) in [6, 6.07) is 6.80. The smallest absolute Gasteiger partial charge is 0.191 e. The van der Waals surface area contributed by atoms with Crippen LogP contribution >= 0.6 is 24.0 Å². The second-order valence-corrected chi connectivity index (χ2v) is 6.51. The third kappa shape index (κ3) is 5.91. The second kappa shape index (κ2) is 10.1. The van der Waals surface area contributed by atoms with E-state index in [2.05, 4.69) is 47.6 Å². The van der Waals surface area contributed by atoms with Crippen molar-refractivity contribution in [2.24, 2.45) is 10.9 Å². The normalized spacial score (nSPS) is 20.5. The summed E-state index contributed by atoms with van der Waals surface area (Å²) < 4.78 is 10.8. The zero-order valence-corrected chi connectivity index (χ0v) is 18.3. The Morgan fingerprint density at radius 2 is 1.92 bits per heavy atom. The standard InChI is InChI=1S/C18H30N4O2.HI/c1-12-9-14(12)21-18(19-2)20-11-15(22(3)4)13-7-8-16(23-5)17(10-13)24-6;/h7-8,10,12,14-15H,9,11H2,1-6H3,(H2,19,20,21);1H. The van der Waals surface area contributed by atoms with Crippen LogP contribution in [-0.4, -0.2) is 58.8 Å². The maximum Gasteiger partial charge on any atom is 0.191 e. The topological polar surface area (TPSA) is 58.1 Å². The van der Waals surface area contributed by atoms with E-state index in [1.807, 2.05) is 19.2 Å². The minimum atomic E-state index is 0. The lowest BCUT2D eigenvalue weighted by atomic mass is 10.1. The average molecular weight is 462 g/mol. The van der Waals surface area contributed by atoms with Crippen LogP contribution in [0.2, 0.25) is 0 Å². The van der Waals surface area contributed by atoms with Gasteiger partial charge in [-0.1, -0.05) is 13.0 Å². The third-order valence-electron chi connectivity index (χ3n) is 4.53. The van der Waals surface area contributed by atoms with Gasteiger partial charge in [-0.15, -0.1) is 24.0 Å². The molecule has 3 atom stereocenters. The van der Waals surface area contributed by atoms with Crippen molar-refractivity contribution in [1.82, 2.24) is 15.5 Å². The van der Waals surface area contributed by atoms with E-state index in [9.17, 15) is 0 Å². The fourth-order valence-electron chi connectivity index (χ4n) is 2.75. The number of aliphatic imine (C=N–C) groups is 1. The number of halogens is 1. The zero-order valence-electron chi connectivity index (χ0n) is 16.0. The Morgan fingerprint density at radius 1 is 1.28 bits per heavy atom. The first kappa shape index (κ1) is 21.8. The lowest BCUT2D eigenvalue weighted by Crippen LogP contribution is -2.42. The van der Waals surface area contributed by atoms with E-state index in [1.54, 1.807) is 14.2 Å². The average Bonchev–Trinajstić information content (AvgIpc) is 3.28. The Kier molecular flexibility index (Phi) is 8.78. The molecule has 0 aliphatic heterocycles. The van der Waals surface area contributed by atoms with Gasteiger partial charge in [0, 0.05) is 19.6 Å². The molecule has 0 spiro atoms. The molecule has 1 aliphatic carbocycles. The number of rotatable bonds is 7. The van der Waals surface area contributed by atoms with Crippen molar-refractivity contribution in [2.45, 2.75) is 25.4 Å². The molecule has 6 nitrogen and oxygen atoms in total. The maximum atomic E-state index is 5.43. The van der Waals surface area contributed by atoms with Crippen LogP contribution in [0.25, 0.3) is 0 Å². The van der Waals surface area contributed by atoms with Crippen molar-refractivity contribution in [3.8, 4) is 11.5 Å². The Balaban J connectivity index is 0.00000312. The van der Waals surface area contributed by atoms with Crippen LogP contribution in [-0.2, 0) is 0 Å². The van der Waals surface area contributed by atoms with Crippen LogP contribution in [0.3, 0.4) is 0 Å². The van der Waals surface area contributed by atoms with Crippen molar-refractivity contribution in [1.29, 1.82) is 0 Å². The van der Waals surface area contributed by atoms with Gasteiger partial charge in [-0.2, -0.15) is 0 Å².